The fourth-order valence-corrected chi connectivity index (χ4v) is 1.37. The second kappa shape index (κ2) is 5.83. The van der Waals surface area contributed by atoms with Gasteiger partial charge in [-0.2, -0.15) is 0 Å². The zero-order valence-electron chi connectivity index (χ0n) is 9.39. The van der Waals surface area contributed by atoms with E-state index in [2.05, 4.69) is 19.2 Å². The Bertz CT molecular complexity index is 310. The molecule has 0 aliphatic rings. The molecule has 0 aliphatic carbocycles. The van der Waals surface area contributed by atoms with Crippen LogP contribution in [0.4, 0.5) is 4.39 Å². The summed E-state index contributed by atoms with van der Waals surface area (Å²) in [6, 6.07) is 5.22. The summed E-state index contributed by atoms with van der Waals surface area (Å²) in [6.07, 6.45) is 0. The van der Waals surface area contributed by atoms with Crippen LogP contribution in [-0.4, -0.2) is 6.54 Å². The molecule has 0 amide bonds. The van der Waals surface area contributed by atoms with E-state index in [0.717, 1.165) is 12.1 Å². The molecule has 0 aliphatic heterocycles. The average Bonchev–Trinajstić information content (AvgIpc) is 2.17. The van der Waals surface area contributed by atoms with Gasteiger partial charge in [0.25, 0.3) is 0 Å². The second-order valence-corrected chi connectivity index (χ2v) is 4.15. The summed E-state index contributed by atoms with van der Waals surface area (Å²) in [6.45, 7) is 6.20. The first-order valence-electron chi connectivity index (χ1n) is 5.31. The van der Waals surface area contributed by atoms with Gasteiger partial charge in [-0.3, -0.25) is 0 Å². The number of nitrogens with one attached hydrogen (secondary N) is 1. The van der Waals surface area contributed by atoms with Crippen LogP contribution in [0.2, 0.25) is 0 Å². The number of nitrogens with two attached hydrogens (primary N) is 1. The molecule has 0 heterocycles. The van der Waals surface area contributed by atoms with Crippen LogP contribution in [0, 0.1) is 11.7 Å². The van der Waals surface area contributed by atoms with Gasteiger partial charge < -0.3 is 11.1 Å². The Morgan fingerprint density at radius 3 is 2.67 bits per heavy atom. The fourth-order valence-electron chi connectivity index (χ4n) is 1.37. The number of benzene rings is 1. The Balaban J connectivity index is 2.52. The van der Waals surface area contributed by atoms with E-state index in [4.69, 9.17) is 5.73 Å². The van der Waals surface area contributed by atoms with Gasteiger partial charge in [-0.15, -0.1) is 0 Å². The topological polar surface area (TPSA) is 38.0 Å². The van der Waals surface area contributed by atoms with Crippen molar-refractivity contribution in [1.29, 1.82) is 0 Å². The molecule has 1 rings (SSSR count). The van der Waals surface area contributed by atoms with Crippen molar-refractivity contribution in [2.45, 2.75) is 26.9 Å². The van der Waals surface area contributed by atoms with Gasteiger partial charge in [-0.25, -0.2) is 4.39 Å². The van der Waals surface area contributed by atoms with E-state index in [1.807, 2.05) is 6.07 Å². The maximum atomic E-state index is 13.3. The van der Waals surface area contributed by atoms with Gasteiger partial charge in [0.15, 0.2) is 0 Å². The number of hydrogen-bond acceptors (Lipinski definition) is 2. The fraction of sp³-hybridized carbons (Fsp3) is 0.500. The normalized spacial score (nSPS) is 11.0. The van der Waals surface area contributed by atoms with E-state index < -0.39 is 0 Å². The Morgan fingerprint density at radius 1 is 1.40 bits per heavy atom. The van der Waals surface area contributed by atoms with Gasteiger partial charge in [-0.05, 0) is 24.1 Å². The van der Waals surface area contributed by atoms with Gasteiger partial charge in [0.1, 0.15) is 5.82 Å². The lowest BCUT2D eigenvalue weighted by Crippen LogP contribution is -2.19. The highest BCUT2D eigenvalue weighted by Crippen LogP contribution is 2.09. The lowest BCUT2D eigenvalue weighted by atomic mass is 10.1. The van der Waals surface area contributed by atoms with Crippen molar-refractivity contribution in [3.8, 4) is 0 Å². The van der Waals surface area contributed by atoms with Crippen molar-refractivity contribution in [2.24, 2.45) is 11.7 Å². The molecule has 1 aromatic rings. The predicted molar refractivity (Wildman–Crippen MR) is 60.8 cm³/mol. The molecule has 0 atom stereocenters. The largest absolute Gasteiger partial charge is 0.326 e. The van der Waals surface area contributed by atoms with E-state index in [9.17, 15) is 4.39 Å². The summed E-state index contributed by atoms with van der Waals surface area (Å²) < 4.78 is 13.3. The summed E-state index contributed by atoms with van der Waals surface area (Å²) >= 11 is 0. The highest BCUT2D eigenvalue weighted by molar-refractivity contribution is 5.24. The van der Waals surface area contributed by atoms with Crippen LogP contribution in [0.1, 0.15) is 25.0 Å². The first kappa shape index (κ1) is 12.1. The van der Waals surface area contributed by atoms with Crippen molar-refractivity contribution in [2.75, 3.05) is 6.54 Å². The molecule has 0 bridgehead atoms. The van der Waals surface area contributed by atoms with Gasteiger partial charge in [-0.1, -0.05) is 26.0 Å². The van der Waals surface area contributed by atoms with E-state index in [0.29, 0.717) is 18.0 Å². The second-order valence-electron chi connectivity index (χ2n) is 4.15. The van der Waals surface area contributed by atoms with Crippen molar-refractivity contribution in [1.82, 2.24) is 5.32 Å². The zero-order valence-corrected chi connectivity index (χ0v) is 9.39. The molecule has 0 fully saturated rings. The van der Waals surface area contributed by atoms with Crippen LogP contribution in [-0.2, 0) is 13.1 Å². The molecule has 0 radical (unpaired) electrons. The van der Waals surface area contributed by atoms with Crippen molar-refractivity contribution >= 4 is 0 Å². The first-order chi connectivity index (χ1) is 7.13. The molecule has 3 N–H and O–H groups in total. The minimum Gasteiger partial charge on any atom is -0.326 e. The molecule has 0 saturated heterocycles. The highest BCUT2D eigenvalue weighted by atomic mass is 19.1. The minimum absolute atomic E-state index is 0.207. The molecule has 84 valence electrons. The Hall–Kier alpha value is -0.930. The highest BCUT2D eigenvalue weighted by Gasteiger charge is 2.01. The minimum atomic E-state index is -0.207. The van der Waals surface area contributed by atoms with E-state index in [-0.39, 0.29) is 12.4 Å². The van der Waals surface area contributed by atoms with Crippen LogP contribution in [0.15, 0.2) is 18.2 Å². The maximum absolute atomic E-state index is 13.3. The zero-order chi connectivity index (χ0) is 11.3. The Labute approximate surface area is 90.7 Å². The summed E-state index contributed by atoms with van der Waals surface area (Å²) in [4.78, 5) is 0. The van der Waals surface area contributed by atoms with Crippen LogP contribution < -0.4 is 11.1 Å². The van der Waals surface area contributed by atoms with Gasteiger partial charge >= 0.3 is 0 Å². The molecule has 0 unspecified atom stereocenters. The van der Waals surface area contributed by atoms with Crippen molar-refractivity contribution in [3.63, 3.8) is 0 Å². The number of hydrogen-bond donors (Lipinski definition) is 2. The lowest BCUT2D eigenvalue weighted by Gasteiger charge is -2.08. The van der Waals surface area contributed by atoms with Gasteiger partial charge in [0.2, 0.25) is 0 Å². The van der Waals surface area contributed by atoms with E-state index >= 15 is 0 Å². The SMILES string of the molecule is CC(C)CNCc1ccc(CN)c(F)c1. The molecule has 0 aromatic heterocycles. The summed E-state index contributed by atoms with van der Waals surface area (Å²) in [5.41, 5.74) is 6.92. The molecule has 15 heavy (non-hydrogen) atoms. The molecule has 1 aromatic carbocycles. The summed E-state index contributed by atoms with van der Waals surface area (Å²) in [5.74, 6) is 0.402. The smallest absolute Gasteiger partial charge is 0.128 e. The first-order valence-corrected chi connectivity index (χ1v) is 5.31. The average molecular weight is 210 g/mol. The molecule has 0 saturated carbocycles. The molecule has 0 spiro atoms. The van der Waals surface area contributed by atoms with Gasteiger partial charge in [0, 0.05) is 18.7 Å². The third-order valence-corrected chi connectivity index (χ3v) is 2.22. The van der Waals surface area contributed by atoms with Crippen LogP contribution >= 0.6 is 0 Å². The van der Waals surface area contributed by atoms with Crippen molar-refractivity contribution in [3.05, 3.63) is 35.1 Å². The van der Waals surface area contributed by atoms with Crippen LogP contribution in [0.3, 0.4) is 0 Å². The molecular formula is C12H19FN2. The number of halogens is 1. The number of rotatable bonds is 5. The maximum Gasteiger partial charge on any atom is 0.128 e. The molecular weight excluding hydrogens is 191 g/mol. The Kier molecular flexibility index (Phi) is 4.72. The quantitative estimate of drug-likeness (QED) is 0.780. The van der Waals surface area contributed by atoms with Gasteiger partial charge in [0.05, 0.1) is 0 Å². The molecule has 2 nitrogen and oxygen atoms in total. The van der Waals surface area contributed by atoms with E-state index in [1.165, 1.54) is 0 Å². The summed E-state index contributed by atoms with van der Waals surface area (Å²) in [5, 5.41) is 3.27. The molecule has 3 heteroatoms. The third-order valence-electron chi connectivity index (χ3n) is 2.22. The van der Waals surface area contributed by atoms with Crippen LogP contribution in [0.5, 0.6) is 0 Å². The predicted octanol–water partition coefficient (Wildman–Crippen LogP) is 2.03. The lowest BCUT2D eigenvalue weighted by molar-refractivity contribution is 0.549. The Morgan fingerprint density at radius 2 is 2.13 bits per heavy atom. The third kappa shape index (κ3) is 3.98. The standard InChI is InChI=1S/C12H19FN2/c1-9(2)7-15-8-10-3-4-11(6-14)12(13)5-10/h3-5,9,15H,6-8,14H2,1-2H3. The van der Waals surface area contributed by atoms with E-state index in [1.54, 1.807) is 12.1 Å². The van der Waals surface area contributed by atoms with Crippen molar-refractivity contribution < 1.29 is 4.39 Å². The monoisotopic (exact) mass is 210 g/mol. The summed E-state index contributed by atoms with van der Waals surface area (Å²) in [7, 11) is 0. The van der Waals surface area contributed by atoms with Crippen LogP contribution in [0.25, 0.3) is 0 Å².